The molecule has 0 spiro atoms. The minimum absolute atomic E-state index is 0.172. The molecule has 0 unspecified atom stereocenters. The molecule has 0 aromatic rings. The van der Waals surface area contributed by atoms with Crippen molar-refractivity contribution in [3.8, 4) is 0 Å². The lowest BCUT2D eigenvalue weighted by Gasteiger charge is -2.23. The highest BCUT2D eigenvalue weighted by atomic mass is 19.4. The van der Waals surface area contributed by atoms with Crippen LogP contribution in [0.2, 0.25) is 0 Å². The van der Waals surface area contributed by atoms with Gasteiger partial charge < -0.3 is 10.1 Å². The predicted molar refractivity (Wildman–Crippen MR) is 52.9 cm³/mol. The molecule has 0 saturated carbocycles. The van der Waals surface area contributed by atoms with Crippen LogP contribution in [0.1, 0.15) is 27.2 Å². The van der Waals surface area contributed by atoms with Crippen molar-refractivity contribution in [2.75, 3.05) is 7.11 Å². The van der Waals surface area contributed by atoms with E-state index in [4.69, 9.17) is 5.41 Å². The van der Waals surface area contributed by atoms with Gasteiger partial charge in [-0.15, -0.1) is 0 Å². The molecule has 2 nitrogen and oxygen atoms in total. The Labute approximate surface area is 87.6 Å². The van der Waals surface area contributed by atoms with Crippen LogP contribution in [0.4, 0.5) is 13.2 Å². The fourth-order valence-electron chi connectivity index (χ4n) is 1.13. The van der Waals surface area contributed by atoms with Crippen molar-refractivity contribution < 1.29 is 17.9 Å². The maximum atomic E-state index is 12.6. The zero-order chi connectivity index (χ0) is 12.3. The van der Waals surface area contributed by atoms with Crippen LogP contribution in [0.25, 0.3) is 0 Å². The summed E-state index contributed by atoms with van der Waals surface area (Å²) in [7, 11) is 1.13. The van der Waals surface area contributed by atoms with Gasteiger partial charge in [-0.25, -0.2) is 0 Å². The summed E-state index contributed by atoms with van der Waals surface area (Å²) in [5.74, 6) is -0.419. The molecule has 0 fully saturated rings. The molecule has 5 heteroatoms. The third-order valence-electron chi connectivity index (χ3n) is 1.70. The molecule has 15 heavy (non-hydrogen) atoms. The van der Waals surface area contributed by atoms with E-state index < -0.39 is 22.9 Å². The number of hydrogen-bond donors (Lipinski definition) is 1. The van der Waals surface area contributed by atoms with Gasteiger partial charge in [0.25, 0.3) is 0 Å². The van der Waals surface area contributed by atoms with Gasteiger partial charge in [-0.1, -0.05) is 20.8 Å². The minimum atomic E-state index is -4.45. The summed E-state index contributed by atoms with van der Waals surface area (Å²) in [5.41, 5.74) is -1.29. The molecule has 0 amide bonds. The van der Waals surface area contributed by atoms with Gasteiger partial charge in [-0.2, -0.15) is 13.2 Å². The molecule has 0 aromatic heterocycles. The van der Waals surface area contributed by atoms with Crippen molar-refractivity contribution in [3.05, 3.63) is 11.3 Å². The number of methoxy groups -OCH3 is 1. The van der Waals surface area contributed by atoms with Crippen molar-refractivity contribution in [1.82, 2.24) is 0 Å². The maximum absolute atomic E-state index is 12.6. The summed E-state index contributed by atoms with van der Waals surface area (Å²) < 4.78 is 42.5. The zero-order valence-corrected chi connectivity index (χ0v) is 9.33. The van der Waals surface area contributed by atoms with Gasteiger partial charge in [0.15, 0.2) is 0 Å². The minimum Gasteiger partial charge on any atom is -0.495 e. The van der Waals surface area contributed by atoms with E-state index in [1.165, 1.54) is 0 Å². The fourth-order valence-corrected chi connectivity index (χ4v) is 1.13. The summed E-state index contributed by atoms with van der Waals surface area (Å²) in [5, 5.41) is 6.87. The Morgan fingerprint density at radius 1 is 1.27 bits per heavy atom. The second kappa shape index (κ2) is 4.68. The normalized spacial score (nSPS) is 14.6. The van der Waals surface area contributed by atoms with Gasteiger partial charge >= 0.3 is 6.18 Å². The van der Waals surface area contributed by atoms with Gasteiger partial charge in [0.1, 0.15) is 5.76 Å². The second-order valence-corrected chi connectivity index (χ2v) is 4.43. The van der Waals surface area contributed by atoms with E-state index in [0.717, 1.165) is 7.11 Å². The van der Waals surface area contributed by atoms with Gasteiger partial charge in [0.2, 0.25) is 0 Å². The molecule has 0 aliphatic carbocycles. The number of hydrogen-bond acceptors (Lipinski definition) is 2. The molecule has 0 heterocycles. The Morgan fingerprint density at radius 2 is 1.73 bits per heavy atom. The summed E-state index contributed by atoms with van der Waals surface area (Å²) in [6, 6.07) is 0. The van der Waals surface area contributed by atoms with Crippen LogP contribution in [0.5, 0.6) is 0 Å². The highest BCUT2D eigenvalue weighted by molar-refractivity contribution is 5.74. The lowest BCUT2D eigenvalue weighted by Crippen LogP contribution is -2.21. The average Bonchev–Trinajstić information content (AvgIpc) is 2.01. The first-order valence-corrected chi connectivity index (χ1v) is 4.46. The SMILES string of the molecule is CO/C(C=N)=C(/CC(C)(C)C)C(F)(F)F. The number of nitrogens with one attached hydrogen (secondary N) is 1. The van der Waals surface area contributed by atoms with Crippen LogP contribution in [-0.2, 0) is 4.74 Å². The molecule has 0 atom stereocenters. The first-order chi connectivity index (χ1) is 6.61. The van der Waals surface area contributed by atoms with Crippen LogP contribution in [0.3, 0.4) is 0 Å². The number of ether oxygens (including phenoxy) is 1. The monoisotopic (exact) mass is 223 g/mol. The Bertz CT molecular complexity index is 261. The van der Waals surface area contributed by atoms with Crippen LogP contribution in [0.15, 0.2) is 11.3 Å². The largest absolute Gasteiger partial charge is 0.495 e. The smallest absolute Gasteiger partial charge is 0.416 e. The maximum Gasteiger partial charge on any atom is 0.416 e. The van der Waals surface area contributed by atoms with E-state index >= 15 is 0 Å². The molecule has 0 radical (unpaired) electrons. The van der Waals surface area contributed by atoms with Crippen molar-refractivity contribution in [3.63, 3.8) is 0 Å². The molecular formula is C10H16F3NO. The van der Waals surface area contributed by atoms with Gasteiger partial charge in [-0.3, -0.25) is 0 Å². The summed E-state index contributed by atoms with van der Waals surface area (Å²) >= 11 is 0. The van der Waals surface area contributed by atoms with Crippen molar-refractivity contribution in [1.29, 1.82) is 5.41 Å². The van der Waals surface area contributed by atoms with E-state index in [-0.39, 0.29) is 6.42 Å². The van der Waals surface area contributed by atoms with E-state index in [2.05, 4.69) is 4.74 Å². The third-order valence-corrected chi connectivity index (χ3v) is 1.70. The van der Waals surface area contributed by atoms with Crippen molar-refractivity contribution in [2.24, 2.45) is 5.41 Å². The Kier molecular flexibility index (Phi) is 4.37. The molecule has 0 aliphatic rings. The number of halogens is 3. The van der Waals surface area contributed by atoms with Crippen LogP contribution in [0, 0.1) is 10.8 Å². The van der Waals surface area contributed by atoms with E-state index in [1.54, 1.807) is 20.8 Å². The molecule has 88 valence electrons. The average molecular weight is 223 g/mol. The lowest BCUT2D eigenvalue weighted by atomic mass is 9.87. The highest BCUT2D eigenvalue weighted by Crippen LogP contribution is 2.36. The predicted octanol–water partition coefficient (Wildman–Crippen LogP) is 3.53. The van der Waals surface area contributed by atoms with E-state index in [9.17, 15) is 13.2 Å². The standard InChI is InChI=1S/C10H16F3NO/c1-9(2,3)5-7(10(11,12)13)8(6-14)15-4/h6,14H,5H2,1-4H3/b8-7-,14-6?. The lowest BCUT2D eigenvalue weighted by molar-refractivity contribution is -0.0992. The molecule has 1 N–H and O–H groups in total. The van der Waals surface area contributed by atoms with Gasteiger partial charge in [0, 0.05) is 0 Å². The Balaban J connectivity index is 5.25. The zero-order valence-electron chi connectivity index (χ0n) is 9.33. The quantitative estimate of drug-likeness (QED) is 0.576. The molecule has 0 saturated heterocycles. The van der Waals surface area contributed by atoms with Crippen molar-refractivity contribution in [2.45, 2.75) is 33.4 Å². The van der Waals surface area contributed by atoms with Crippen LogP contribution >= 0.6 is 0 Å². The number of allylic oxidation sites excluding steroid dienone is 2. The summed E-state index contributed by atoms with van der Waals surface area (Å²) in [4.78, 5) is 0. The van der Waals surface area contributed by atoms with Gasteiger partial charge in [-0.05, 0) is 11.8 Å². The van der Waals surface area contributed by atoms with Crippen LogP contribution in [-0.4, -0.2) is 19.5 Å². The summed E-state index contributed by atoms with van der Waals surface area (Å²) in [6.07, 6.45) is -4.03. The molecule has 0 aromatic carbocycles. The van der Waals surface area contributed by atoms with Crippen molar-refractivity contribution >= 4 is 6.21 Å². The Hall–Kier alpha value is -1.00. The first kappa shape index (κ1) is 14.0. The third kappa shape index (κ3) is 4.85. The molecule has 0 rings (SSSR count). The van der Waals surface area contributed by atoms with Crippen LogP contribution < -0.4 is 0 Å². The van der Waals surface area contributed by atoms with Gasteiger partial charge in [0.05, 0.1) is 18.9 Å². The molecule has 0 bridgehead atoms. The highest BCUT2D eigenvalue weighted by Gasteiger charge is 2.38. The first-order valence-electron chi connectivity index (χ1n) is 4.46. The summed E-state index contributed by atoms with van der Waals surface area (Å²) in [6.45, 7) is 5.11. The molecule has 0 aliphatic heterocycles. The van der Waals surface area contributed by atoms with E-state index in [1.807, 2.05) is 0 Å². The van der Waals surface area contributed by atoms with E-state index in [0.29, 0.717) is 6.21 Å². The number of alkyl halides is 3. The second-order valence-electron chi connectivity index (χ2n) is 4.43. The Morgan fingerprint density at radius 3 is 1.93 bits per heavy atom. The topological polar surface area (TPSA) is 33.1 Å². The number of rotatable bonds is 3. The molecular weight excluding hydrogens is 207 g/mol. The fraction of sp³-hybridized carbons (Fsp3) is 0.700.